The molecule has 0 saturated carbocycles. The average molecular weight is 355 g/mol. The first-order valence-corrected chi connectivity index (χ1v) is 8.53. The van der Waals surface area contributed by atoms with Gasteiger partial charge in [0.25, 0.3) is 0 Å². The van der Waals surface area contributed by atoms with Crippen molar-refractivity contribution in [2.24, 2.45) is 0 Å². The lowest BCUT2D eigenvalue weighted by molar-refractivity contribution is 0.413. The number of nitrogens with one attached hydrogen (secondary N) is 1. The average Bonchev–Trinajstić information content (AvgIpc) is 2.59. The van der Waals surface area contributed by atoms with Gasteiger partial charge in [-0.3, -0.25) is 0 Å². The minimum Gasteiger partial charge on any atom is -0.494 e. The fourth-order valence-electron chi connectivity index (χ4n) is 3.16. The first kappa shape index (κ1) is 18.0. The van der Waals surface area contributed by atoms with Gasteiger partial charge in [-0.25, -0.2) is 9.18 Å². The summed E-state index contributed by atoms with van der Waals surface area (Å²) in [5.41, 5.74) is 3.98. The molecule has 0 saturated heterocycles. The summed E-state index contributed by atoms with van der Waals surface area (Å²) in [6, 6.07) is 9.78. The smallest absolute Gasteiger partial charge is 0.336 e. The predicted molar refractivity (Wildman–Crippen MR) is 102 cm³/mol. The van der Waals surface area contributed by atoms with Crippen LogP contribution >= 0.6 is 0 Å². The van der Waals surface area contributed by atoms with Gasteiger partial charge in [-0.1, -0.05) is 13.8 Å². The molecule has 0 aliphatic carbocycles. The van der Waals surface area contributed by atoms with Crippen LogP contribution in [0.4, 0.5) is 10.1 Å². The fourth-order valence-corrected chi connectivity index (χ4v) is 3.16. The van der Waals surface area contributed by atoms with Gasteiger partial charge in [0.1, 0.15) is 17.1 Å². The Kier molecular flexibility index (Phi) is 4.98. The number of hydrogen-bond acceptors (Lipinski definition) is 4. The summed E-state index contributed by atoms with van der Waals surface area (Å²) in [6.45, 7) is 6.68. The van der Waals surface area contributed by atoms with Crippen molar-refractivity contribution in [2.45, 2.75) is 33.2 Å². The molecule has 0 bridgehead atoms. The van der Waals surface area contributed by atoms with Crippen molar-refractivity contribution in [3.8, 4) is 5.75 Å². The molecule has 0 atom stereocenters. The molecular weight excluding hydrogens is 333 g/mol. The van der Waals surface area contributed by atoms with Crippen LogP contribution in [0.15, 0.2) is 45.6 Å². The zero-order valence-corrected chi connectivity index (χ0v) is 15.4. The summed E-state index contributed by atoms with van der Waals surface area (Å²) >= 11 is 0. The maximum Gasteiger partial charge on any atom is 0.336 e. The van der Waals surface area contributed by atoms with Gasteiger partial charge in [-0.05, 0) is 53.8 Å². The highest BCUT2D eigenvalue weighted by molar-refractivity contribution is 5.82. The largest absolute Gasteiger partial charge is 0.494 e. The third-order valence-corrected chi connectivity index (χ3v) is 4.47. The van der Waals surface area contributed by atoms with E-state index in [1.807, 2.05) is 13.0 Å². The van der Waals surface area contributed by atoms with Crippen molar-refractivity contribution in [2.75, 3.05) is 12.4 Å². The Balaban J connectivity index is 2.02. The molecule has 0 aliphatic heterocycles. The Labute approximate surface area is 151 Å². The summed E-state index contributed by atoms with van der Waals surface area (Å²) in [6.07, 6.45) is 0. The van der Waals surface area contributed by atoms with Crippen molar-refractivity contribution in [3.05, 3.63) is 69.3 Å². The molecule has 1 heterocycles. The normalized spacial score (nSPS) is 11.2. The molecule has 136 valence electrons. The quantitative estimate of drug-likeness (QED) is 0.656. The van der Waals surface area contributed by atoms with Gasteiger partial charge in [-0.15, -0.1) is 0 Å². The molecule has 3 aromatic rings. The lowest BCUT2D eigenvalue weighted by atomic mass is 9.95. The summed E-state index contributed by atoms with van der Waals surface area (Å²) in [4.78, 5) is 11.9. The maximum atomic E-state index is 13.4. The van der Waals surface area contributed by atoms with E-state index >= 15 is 0 Å². The Morgan fingerprint density at radius 1 is 1.19 bits per heavy atom. The molecular formula is C21H22FNO3. The zero-order valence-electron chi connectivity index (χ0n) is 15.4. The molecule has 0 spiro atoms. The predicted octanol–water partition coefficient (Wildman–Crippen LogP) is 4.98. The zero-order chi connectivity index (χ0) is 18.8. The van der Waals surface area contributed by atoms with Gasteiger partial charge < -0.3 is 14.5 Å². The Bertz CT molecular complexity index is 1010. The molecule has 26 heavy (non-hydrogen) atoms. The van der Waals surface area contributed by atoms with Crippen LogP contribution in [0.2, 0.25) is 0 Å². The Hall–Kier alpha value is -2.82. The molecule has 0 fully saturated rings. The molecule has 3 rings (SSSR count). The van der Waals surface area contributed by atoms with Crippen molar-refractivity contribution in [3.63, 3.8) is 0 Å². The highest BCUT2D eigenvalue weighted by Gasteiger charge is 2.12. The molecule has 1 aromatic heterocycles. The van der Waals surface area contributed by atoms with E-state index in [0.29, 0.717) is 29.5 Å². The summed E-state index contributed by atoms with van der Waals surface area (Å²) in [5.74, 6) is 0.413. The van der Waals surface area contributed by atoms with Crippen LogP contribution in [0, 0.1) is 12.7 Å². The van der Waals surface area contributed by atoms with Gasteiger partial charge >= 0.3 is 5.63 Å². The lowest BCUT2D eigenvalue weighted by Gasteiger charge is -2.15. The van der Waals surface area contributed by atoms with E-state index in [0.717, 1.165) is 16.5 Å². The number of ether oxygens (including phenoxy) is 1. The third kappa shape index (κ3) is 3.57. The van der Waals surface area contributed by atoms with Crippen molar-refractivity contribution < 1.29 is 13.5 Å². The standard InChI is InChI=1S/C21H22FNO3/c1-12(2)16-10-17-14(8-21(24)26-19(17)7-13(16)3)11-23-18-6-5-15(22)9-20(18)25-4/h5-10,12,23H,11H2,1-4H3. The van der Waals surface area contributed by atoms with Crippen molar-refractivity contribution >= 4 is 16.7 Å². The van der Waals surface area contributed by atoms with Gasteiger partial charge in [-0.2, -0.15) is 0 Å². The third-order valence-electron chi connectivity index (χ3n) is 4.47. The van der Waals surface area contributed by atoms with E-state index in [4.69, 9.17) is 9.15 Å². The second kappa shape index (κ2) is 7.20. The second-order valence-electron chi connectivity index (χ2n) is 6.65. The summed E-state index contributed by atoms with van der Waals surface area (Å²) < 4.78 is 23.9. The van der Waals surface area contributed by atoms with Crippen molar-refractivity contribution in [1.29, 1.82) is 0 Å². The monoisotopic (exact) mass is 355 g/mol. The van der Waals surface area contributed by atoms with E-state index in [1.165, 1.54) is 30.9 Å². The maximum absolute atomic E-state index is 13.4. The highest BCUT2D eigenvalue weighted by Crippen LogP contribution is 2.29. The highest BCUT2D eigenvalue weighted by atomic mass is 19.1. The molecule has 5 heteroatoms. The summed E-state index contributed by atoms with van der Waals surface area (Å²) in [5, 5.41) is 4.11. The van der Waals surface area contributed by atoms with Crippen LogP contribution in [0.25, 0.3) is 11.0 Å². The van der Waals surface area contributed by atoms with Gasteiger partial charge in [0, 0.05) is 24.1 Å². The molecule has 0 amide bonds. The first-order chi connectivity index (χ1) is 12.4. The fraction of sp³-hybridized carbons (Fsp3) is 0.286. The Morgan fingerprint density at radius 3 is 2.65 bits per heavy atom. The number of fused-ring (bicyclic) bond motifs is 1. The van der Waals surface area contributed by atoms with Gasteiger partial charge in [0.05, 0.1) is 12.8 Å². The van der Waals surface area contributed by atoms with Crippen LogP contribution in [-0.2, 0) is 6.54 Å². The van der Waals surface area contributed by atoms with Gasteiger partial charge in [0.15, 0.2) is 0 Å². The van der Waals surface area contributed by atoms with Crippen LogP contribution in [0.5, 0.6) is 5.75 Å². The van der Waals surface area contributed by atoms with E-state index in [9.17, 15) is 9.18 Å². The molecule has 2 aromatic carbocycles. The minimum atomic E-state index is -0.392. The number of anilines is 1. The SMILES string of the molecule is COc1cc(F)ccc1NCc1cc(=O)oc2cc(C)c(C(C)C)cc12. The molecule has 0 aliphatic rings. The van der Waals surface area contributed by atoms with E-state index in [2.05, 4.69) is 25.2 Å². The number of rotatable bonds is 5. The first-order valence-electron chi connectivity index (χ1n) is 8.53. The van der Waals surface area contributed by atoms with Crippen LogP contribution < -0.4 is 15.7 Å². The van der Waals surface area contributed by atoms with Crippen molar-refractivity contribution in [1.82, 2.24) is 0 Å². The molecule has 1 N–H and O–H groups in total. The minimum absolute atomic E-state index is 0.365. The lowest BCUT2D eigenvalue weighted by Crippen LogP contribution is -2.07. The summed E-state index contributed by atoms with van der Waals surface area (Å²) in [7, 11) is 1.49. The number of hydrogen-bond donors (Lipinski definition) is 1. The number of benzene rings is 2. The number of methoxy groups -OCH3 is 1. The number of halogens is 1. The number of aryl methyl sites for hydroxylation is 1. The van der Waals surface area contributed by atoms with E-state index in [-0.39, 0.29) is 5.82 Å². The van der Waals surface area contributed by atoms with Gasteiger partial charge in [0.2, 0.25) is 0 Å². The van der Waals surface area contributed by atoms with Crippen LogP contribution in [-0.4, -0.2) is 7.11 Å². The molecule has 0 radical (unpaired) electrons. The molecule has 4 nitrogen and oxygen atoms in total. The molecule has 0 unspecified atom stereocenters. The van der Waals surface area contributed by atoms with Crippen LogP contribution in [0.3, 0.4) is 0 Å². The topological polar surface area (TPSA) is 51.5 Å². The van der Waals surface area contributed by atoms with Crippen LogP contribution in [0.1, 0.15) is 36.5 Å². The second-order valence-corrected chi connectivity index (χ2v) is 6.65. The Morgan fingerprint density at radius 2 is 1.96 bits per heavy atom. The van der Waals surface area contributed by atoms with E-state index < -0.39 is 5.63 Å². The van der Waals surface area contributed by atoms with E-state index in [1.54, 1.807) is 6.07 Å².